The van der Waals surface area contributed by atoms with Crippen LogP contribution in [0.5, 0.6) is 11.5 Å². The normalized spacial score (nSPS) is 14.1. The molecule has 0 heterocycles. The second kappa shape index (κ2) is 9.79. The third-order valence-corrected chi connectivity index (χ3v) is 5.12. The van der Waals surface area contributed by atoms with Crippen LogP contribution in [0.4, 0.5) is 4.39 Å². The molecule has 0 saturated heterocycles. The van der Waals surface area contributed by atoms with E-state index in [1.54, 1.807) is 24.3 Å². The lowest BCUT2D eigenvalue weighted by Gasteiger charge is -2.32. The minimum atomic E-state index is -0.501. The fourth-order valence-corrected chi connectivity index (χ4v) is 3.37. The van der Waals surface area contributed by atoms with Crippen molar-refractivity contribution in [1.82, 2.24) is 4.90 Å². The number of aromatic hydroxyl groups is 2. The molecule has 3 nitrogen and oxygen atoms in total. The summed E-state index contributed by atoms with van der Waals surface area (Å²) < 4.78 is 14.0. The van der Waals surface area contributed by atoms with Crippen molar-refractivity contribution in [2.45, 2.75) is 32.1 Å². The molecule has 1 aliphatic carbocycles. The van der Waals surface area contributed by atoms with Gasteiger partial charge in [0.05, 0.1) is 0 Å². The van der Waals surface area contributed by atoms with Crippen molar-refractivity contribution >= 4 is 12.4 Å². The number of rotatable bonds is 8. The highest BCUT2D eigenvalue weighted by atomic mass is 35.5. The fraction of sp³-hybridized carbons (Fsp3) is 0.429. The van der Waals surface area contributed by atoms with E-state index in [4.69, 9.17) is 0 Å². The Morgan fingerprint density at radius 1 is 1.00 bits per heavy atom. The molecule has 2 aromatic carbocycles. The van der Waals surface area contributed by atoms with Gasteiger partial charge in [0.1, 0.15) is 5.75 Å². The maximum Gasteiger partial charge on any atom is 0.168 e. The van der Waals surface area contributed by atoms with Gasteiger partial charge in [-0.1, -0.05) is 30.7 Å². The Hall–Kier alpha value is -1.78. The van der Waals surface area contributed by atoms with Gasteiger partial charge >= 0.3 is 0 Å². The van der Waals surface area contributed by atoms with Crippen molar-refractivity contribution in [2.75, 3.05) is 19.6 Å². The highest BCUT2D eigenvalue weighted by molar-refractivity contribution is 5.85. The molecule has 1 saturated carbocycles. The number of benzene rings is 2. The average molecular weight is 380 g/mol. The van der Waals surface area contributed by atoms with E-state index in [0.717, 1.165) is 37.5 Å². The van der Waals surface area contributed by atoms with E-state index in [-0.39, 0.29) is 18.2 Å². The summed E-state index contributed by atoms with van der Waals surface area (Å²) in [4.78, 5) is 2.39. The molecule has 0 spiro atoms. The molecular weight excluding hydrogens is 353 g/mol. The number of halogens is 2. The van der Waals surface area contributed by atoms with Gasteiger partial charge in [-0.2, -0.15) is 0 Å². The first-order chi connectivity index (χ1) is 12.1. The van der Waals surface area contributed by atoms with Gasteiger partial charge in [-0.15, -0.1) is 12.4 Å². The Morgan fingerprint density at radius 2 is 1.73 bits per heavy atom. The van der Waals surface area contributed by atoms with Gasteiger partial charge in [0.15, 0.2) is 11.6 Å². The molecule has 0 bridgehead atoms. The van der Waals surface area contributed by atoms with Gasteiger partial charge in [0.2, 0.25) is 0 Å². The Balaban J connectivity index is 0.00000243. The number of hydrogen-bond donors (Lipinski definition) is 2. The lowest BCUT2D eigenvalue weighted by atomic mass is 9.85. The number of phenols is 2. The Morgan fingerprint density at radius 3 is 2.42 bits per heavy atom. The maximum absolute atomic E-state index is 14.0. The van der Waals surface area contributed by atoms with E-state index >= 15 is 0 Å². The SMILES string of the molecule is Cl.Oc1cccc(CCN(CCc2cccc(O)c2F)CC2CCC2)c1. The minimum absolute atomic E-state index is 0. The van der Waals surface area contributed by atoms with E-state index in [9.17, 15) is 14.6 Å². The highest BCUT2D eigenvalue weighted by Crippen LogP contribution is 2.27. The van der Waals surface area contributed by atoms with Crippen LogP contribution in [0, 0.1) is 11.7 Å². The van der Waals surface area contributed by atoms with Crippen LogP contribution in [0.2, 0.25) is 0 Å². The zero-order chi connectivity index (χ0) is 17.6. The van der Waals surface area contributed by atoms with Crippen LogP contribution in [0.3, 0.4) is 0 Å². The zero-order valence-electron chi connectivity index (χ0n) is 14.9. The van der Waals surface area contributed by atoms with Crippen LogP contribution in [0.15, 0.2) is 42.5 Å². The highest BCUT2D eigenvalue weighted by Gasteiger charge is 2.21. The van der Waals surface area contributed by atoms with Crippen LogP contribution in [-0.4, -0.2) is 34.7 Å². The Kier molecular flexibility index (Phi) is 7.73. The summed E-state index contributed by atoms with van der Waals surface area (Å²) >= 11 is 0. The molecule has 0 unspecified atom stereocenters. The van der Waals surface area contributed by atoms with Crippen LogP contribution >= 0.6 is 12.4 Å². The third-order valence-electron chi connectivity index (χ3n) is 5.12. The monoisotopic (exact) mass is 379 g/mol. The van der Waals surface area contributed by atoms with Crippen molar-refractivity contribution in [3.63, 3.8) is 0 Å². The lowest BCUT2D eigenvalue weighted by molar-refractivity contribution is 0.180. The molecule has 142 valence electrons. The van der Waals surface area contributed by atoms with E-state index < -0.39 is 5.82 Å². The minimum Gasteiger partial charge on any atom is -0.508 e. The van der Waals surface area contributed by atoms with Crippen molar-refractivity contribution in [3.8, 4) is 11.5 Å². The summed E-state index contributed by atoms with van der Waals surface area (Å²) in [7, 11) is 0. The van der Waals surface area contributed by atoms with Crippen molar-refractivity contribution < 1.29 is 14.6 Å². The van der Waals surface area contributed by atoms with E-state index in [2.05, 4.69) is 4.90 Å². The number of nitrogens with zero attached hydrogens (tertiary/aromatic N) is 1. The molecule has 26 heavy (non-hydrogen) atoms. The summed E-state index contributed by atoms with van der Waals surface area (Å²) in [6.07, 6.45) is 5.33. The fourth-order valence-electron chi connectivity index (χ4n) is 3.37. The van der Waals surface area contributed by atoms with Crippen molar-refractivity contribution in [3.05, 3.63) is 59.4 Å². The Bertz CT molecular complexity index is 706. The molecule has 1 aliphatic rings. The molecule has 0 atom stereocenters. The molecule has 0 amide bonds. The van der Waals surface area contributed by atoms with E-state index in [0.29, 0.717) is 17.7 Å². The van der Waals surface area contributed by atoms with Gasteiger partial charge in [-0.25, -0.2) is 4.39 Å². The lowest BCUT2D eigenvalue weighted by Crippen LogP contribution is -2.35. The first-order valence-electron chi connectivity index (χ1n) is 9.08. The van der Waals surface area contributed by atoms with Gasteiger partial charge in [-0.3, -0.25) is 0 Å². The largest absolute Gasteiger partial charge is 0.508 e. The quantitative estimate of drug-likeness (QED) is 0.707. The number of hydrogen-bond acceptors (Lipinski definition) is 3. The third kappa shape index (κ3) is 5.61. The number of phenolic OH excluding ortho intramolecular Hbond substituents is 2. The first kappa shape index (κ1) is 20.5. The molecule has 0 radical (unpaired) electrons. The van der Waals surface area contributed by atoms with Crippen LogP contribution in [0.1, 0.15) is 30.4 Å². The van der Waals surface area contributed by atoms with Gasteiger partial charge in [0.25, 0.3) is 0 Å². The topological polar surface area (TPSA) is 43.7 Å². The second-order valence-electron chi connectivity index (χ2n) is 7.02. The van der Waals surface area contributed by atoms with Gasteiger partial charge in [-0.05, 0) is 60.9 Å². The summed E-state index contributed by atoms with van der Waals surface area (Å²) in [5.41, 5.74) is 1.68. The first-order valence-corrected chi connectivity index (χ1v) is 9.08. The molecular formula is C21H27ClFNO2. The smallest absolute Gasteiger partial charge is 0.168 e. The summed E-state index contributed by atoms with van der Waals surface area (Å²) in [6.45, 7) is 2.70. The predicted octanol–water partition coefficient (Wildman–Crippen LogP) is 4.55. The molecule has 5 heteroatoms. The second-order valence-corrected chi connectivity index (χ2v) is 7.02. The molecule has 2 N–H and O–H groups in total. The van der Waals surface area contributed by atoms with Gasteiger partial charge in [0, 0.05) is 19.6 Å². The van der Waals surface area contributed by atoms with Crippen LogP contribution in [-0.2, 0) is 12.8 Å². The van der Waals surface area contributed by atoms with Gasteiger partial charge < -0.3 is 15.1 Å². The Labute approximate surface area is 160 Å². The molecule has 0 aromatic heterocycles. The molecule has 0 aliphatic heterocycles. The van der Waals surface area contributed by atoms with E-state index in [1.165, 1.54) is 25.3 Å². The molecule has 3 rings (SSSR count). The van der Waals surface area contributed by atoms with E-state index in [1.807, 2.05) is 12.1 Å². The predicted molar refractivity (Wildman–Crippen MR) is 105 cm³/mol. The van der Waals surface area contributed by atoms with Crippen LogP contribution in [0.25, 0.3) is 0 Å². The summed E-state index contributed by atoms with van der Waals surface area (Å²) in [6, 6.07) is 12.2. The maximum atomic E-state index is 14.0. The summed E-state index contributed by atoms with van der Waals surface area (Å²) in [5, 5.41) is 19.1. The van der Waals surface area contributed by atoms with Crippen LogP contribution < -0.4 is 0 Å². The van der Waals surface area contributed by atoms with Crippen molar-refractivity contribution in [2.24, 2.45) is 5.92 Å². The molecule has 2 aromatic rings. The molecule has 1 fully saturated rings. The average Bonchev–Trinajstić information content (AvgIpc) is 2.56. The summed E-state index contributed by atoms with van der Waals surface area (Å²) in [5.74, 6) is 0.268. The van der Waals surface area contributed by atoms with Crippen molar-refractivity contribution in [1.29, 1.82) is 0 Å². The standard InChI is InChI=1S/C21H26FNO2.ClH/c22-21-18(7-3-9-20(21)25)11-13-23(15-17-5-1-6-17)12-10-16-4-2-8-19(24)14-16;/h2-4,7-9,14,17,24-25H,1,5-6,10-13,15H2;1H. The zero-order valence-corrected chi connectivity index (χ0v) is 15.7.